The van der Waals surface area contributed by atoms with Crippen LogP contribution >= 0.6 is 11.6 Å². The molecule has 1 heterocycles. The number of hydrogen-bond donors (Lipinski definition) is 1. The fraction of sp³-hybridized carbons (Fsp3) is 0.167. The summed E-state index contributed by atoms with van der Waals surface area (Å²) in [5.41, 5.74) is 7.22. The highest BCUT2D eigenvalue weighted by Crippen LogP contribution is 2.42. The molecule has 0 bridgehead atoms. The third-order valence-corrected chi connectivity index (χ3v) is 3.96. The lowest BCUT2D eigenvalue weighted by Crippen LogP contribution is -2.01. The predicted octanol–water partition coefficient (Wildman–Crippen LogP) is 3.48. The number of ketones is 1. The summed E-state index contributed by atoms with van der Waals surface area (Å²) in [4.78, 5) is 12.5. The van der Waals surface area contributed by atoms with Crippen LogP contribution in [0.5, 0.6) is 23.0 Å². The van der Waals surface area contributed by atoms with E-state index in [1.807, 2.05) is 0 Å². The van der Waals surface area contributed by atoms with E-state index in [-0.39, 0.29) is 17.6 Å². The van der Waals surface area contributed by atoms with Crippen molar-refractivity contribution in [2.75, 3.05) is 26.7 Å². The van der Waals surface area contributed by atoms with Crippen molar-refractivity contribution < 1.29 is 23.7 Å². The molecule has 0 saturated heterocycles. The zero-order valence-electron chi connectivity index (χ0n) is 13.7. The van der Waals surface area contributed by atoms with Gasteiger partial charge in [0.05, 0.1) is 24.9 Å². The molecule has 0 saturated carbocycles. The van der Waals surface area contributed by atoms with Crippen LogP contribution in [0.3, 0.4) is 0 Å². The second-order valence-corrected chi connectivity index (χ2v) is 5.64. The van der Waals surface area contributed by atoms with Crippen LogP contribution < -0.4 is 24.7 Å². The van der Waals surface area contributed by atoms with Crippen molar-refractivity contribution in [1.82, 2.24) is 0 Å². The van der Waals surface area contributed by atoms with E-state index in [1.54, 1.807) is 24.3 Å². The van der Waals surface area contributed by atoms with Gasteiger partial charge in [-0.1, -0.05) is 11.6 Å². The largest absolute Gasteiger partial charge is 0.495 e. The summed E-state index contributed by atoms with van der Waals surface area (Å²) in [6.45, 7) is 0.122. The summed E-state index contributed by atoms with van der Waals surface area (Å²) in [6.07, 6.45) is 1.54. The van der Waals surface area contributed by atoms with E-state index in [4.69, 9.17) is 36.3 Å². The van der Waals surface area contributed by atoms with Gasteiger partial charge >= 0.3 is 0 Å². The summed E-state index contributed by atoms with van der Waals surface area (Å²) in [6, 6.07) is 8.19. The van der Waals surface area contributed by atoms with Gasteiger partial charge in [-0.3, -0.25) is 4.79 Å². The smallest absolute Gasteiger partial charge is 0.231 e. The van der Waals surface area contributed by atoms with Crippen LogP contribution in [0.15, 0.2) is 35.4 Å². The molecule has 0 spiro atoms. The number of ether oxygens (including phenoxy) is 4. The van der Waals surface area contributed by atoms with Gasteiger partial charge in [0, 0.05) is 5.56 Å². The van der Waals surface area contributed by atoms with Crippen molar-refractivity contribution in [2.24, 2.45) is 0 Å². The lowest BCUT2D eigenvalue weighted by Gasteiger charge is -2.07. The Kier molecular flexibility index (Phi) is 4.72. The van der Waals surface area contributed by atoms with E-state index in [1.165, 1.54) is 26.4 Å². The number of benzene rings is 2. The molecule has 130 valence electrons. The first-order chi connectivity index (χ1) is 12.0. The van der Waals surface area contributed by atoms with Crippen LogP contribution in [-0.2, 0) is 0 Å². The van der Waals surface area contributed by atoms with Crippen LogP contribution in [0.1, 0.15) is 15.9 Å². The normalized spacial score (nSPS) is 12.8. The quantitative estimate of drug-likeness (QED) is 0.499. The first-order valence-electron chi connectivity index (χ1n) is 7.36. The topological polar surface area (TPSA) is 80.0 Å². The minimum atomic E-state index is -0.354. The number of carbonyl (C=O) groups is 1. The summed E-state index contributed by atoms with van der Waals surface area (Å²) >= 11 is 6.20. The zero-order valence-corrected chi connectivity index (χ0v) is 14.4. The lowest BCUT2D eigenvalue weighted by atomic mass is 10.1. The van der Waals surface area contributed by atoms with E-state index >= 15 is 0 Å². The Bertz CT molecular complexity index is 863. The molecule has 3 rings (SSSR count). The number of anilines is 1. The average Bonchev–Trinajstić information content (AvgIpc) is 3.08. The summed E-state index contributed by atoms with van der Waals surface area (Å²) < 4.78 is 21.1. The van der Waals surface area contributed by atoms with Gasteiger partial charge in [0.25, 0.3) is 0 Å². The molecular formula is C18H16ClNO5. The number of nitrogen functional groups attached to an aromatic ring is 1. The van der Waals surface area contributed by atoms with Crippen molar-refractivity contribution >= 4 is 29.1 Å². The maximum Gasteiger partial charge on any atom is 0.231 e. The Hall–Kier alpha value is -2.86. The Balaban J connectivity index is 1.91. The molecule has 0 aliphatic carbocycles. The van der Waals surface area contributed by atoms with Crippen molar-refractivity contribution in [2.45, 2.75) is 0 Å². The maximum absolute atomic E-state index is 12.5. The van der Waals surface area contributed by atoms with Crippen LogP contribution in [-0.4, -0.2) is 26.8 Å². The minimum Gasteiger partial charge on any atom is -0.495 e. The number of hydrogen-bond acceptors (Lipinski definition) is 6. The van der Waals surface area contributed by atoms with E-state index < -0.39 is 0 Å². The van der Waals surface area contributed by atoms with Crippen LogP contribution in [0.4, 0.5) is 5.69 Å². The number of allylic oxidation sites excluding steroid dienone is 1. The Labute approximate surface area is 149 Å². The van der Waals surface area contributed by atoms with Gasteiger partial charge in [0.1, 0.15) is 5.75 Å². The van der Waals surface area contributed by atoms with E-state index in [0.717, 1.165) is 0 Å². The van der Waals surface area contributed by atoms with Gasteiger partial charge in [-0.25, -0.2) is 0 Å². The van der Waals surface area contributed by atoms with Gasteiger partial charge in [-0.05, 0) is 42.0 Å². The zero-order chi connectivity index (χ0) is 18.0. The molecular weight excluding hydrogens is 346 g/mol. The second kappa shape index (κ2) is 6.94. The van der Waals surface area contributed by atoms with Crippen molar-refractivity contribution in [1.29, 1.82) is 0 Å². The highest BCUT2D eigenvalue weighted by Gasteiger charge is 2.20. The number of nitrogens with two attached hydrogens (primary N) is 1. The molecule has 25 heavy (non-hydrogen) atoms. The first kappa shape index (κ1) is 17.0. The molecule has 7 heteroatoms. The van der Waals surface area contributed by atoms with Crippen LogP contribution in [0.25, 0.3) is 6.08 Å². The highest BCUT2D eigenvalue weighted by molar-refractivity contribution is 6.47. The molecule has 2 aromatic carbocycles. The van der Waals surface area contributed by atoms with Gasteiger partial charge in [-0.15, -0.1) is 0 Å². The number of rotatable bonds is 5. The monoisotopic (exact) mass is 361 g/mol. The van der Waals surface area contributed by atoms with E-state index in [0.29, 0.717) is 39.8 Å². The Morgan fingerprint density at radius 2 is 1.92 bits per heavy atom. The summed E-state index contributed by atoms with van der Waals surface area (Å²) in [5, 5.41) is 0.0329. The SMILES string of the molecule is COc1ccc(C(=O)C(Cl)=Cc2cc(OC)c3c(c2)OCO3)cc1N. The molecule has 6 nitrogen and oxygen atoms in total. The average molecular weight is 362 g/mol. The molecule has 2 aromatic rings. The predicted molar refractivity (Wildman–Crippen MR) is 94.7 cm³/mol. The molecule has 0 atom stereocenters. The first-order valence-corrected chi connectivity index (χ1v) is 7.74. The fourth-order valence-corrected chi connectivity index (χ4v) is 2.69. The molecule has 2 N–H and O–H groups in total. The van der Waals surface area contributed by atoms with E-state index in [9.17, 15) is 4.79 Å². The summed E-state index contributed by atoms with van der Waals surface area (Å²) in [5.74, 6) is 1.72. The molecule has 1 aliphatic heterocycles. The van der Waals surface area contributed by atoms with Gasteiger partial charge < -0.3 is 24.7 Å². The van der Waals surface area contributed by atoms with Crippen LogP contribution in [0.2, 0.25) is 0 Å². The van der Waals surface area contributed by atoms with Crippen molar-refractivity contribution in [3.05, 3.63) is 46.5 Å². The molecule has 0 unspecified atom stereocenters. The van der Waals surface area contributed by atoms with Crippen molar-refractivity contribution in [3.8, 4) is 23.0 Å². The van der Waals surface area contributed by atoms with Gasteiger partial charge in [0.15, 0.2) is 11.5 Å². The Morgan fingerprint density at radius 3 is 2.60 bits per heavy atom. The van der Waals surface area contributed by atoms with E-state index in [2.05, 4.69) is 0 Å². The van der Waals surface area contributed by atoms with Crippen LogP contribution in [0, 0.1) is 0 Å². The molecule has 0 radical (unpaired) electrons. The highest BCUT2D eigenvalue weighted by atomic mass is 35.5. The minimum absolute atomic E-state index is 0.0329. The second-order valence-electron chi connectivity index (χ2n) is 5.24. The molecule has 1 aliphatic rings. The number of methoxy groups -OCH3 is 2. The third kappa shape index (κ3) is 3.34. The Morgan fingerprint density at radius 1 is 1.16 bits per heavy atom. The maximum atomic E-state index is 12.5. The number of Topliss-reactive ketones (excluding diaryl/α,β-unsaturated/α-hetero) is 1. The number of fused-ring (bicyclic) bond motifs is 1. The third-order valence-electron chi connectivity index (χ3n) is 3.68. The molecule has 0 fully saturated rings. The van der Waals surface area contributed by atoms with Gasteiger partial charge in [-0.2, -0.15) is 0 Å². The standard InChI is InChI=1S/C18H16ClNO5/c1-22-14-4-3-11(8-13(14)20)17(21)12(19)5-10-6-15(23-2)18-16(7-10)24-9-25-18/h3-8H,9,20H2,1-2H3. The van der Waals surface area contributed by atoms with Gasteiger partial charge in [0.2, 0.25) is 18.3 Å². The lowest BCUT2D eigenvalue weighted by molar-refractivity contribution is 0.104. The fourth-order valence-electron chi connectivity index (χ4n) is 2.46. The molecule has 0 aromatic heterocycles. The number of carbonyl (C=O) groups excluding carboxylic acids is 1. The van der Waals surface area contributed by atoms with Crippen molar-refractivity contribution in [3.63, 3.8) is 0 Å². The number of halogens is 1. The molecule has 0 amide bonds. The summed E-state index contributed by atoms with van der Waals surface area (Å²) in [7, 11) is 3.03.